The second-order valence-corrected chi connectivity index (χ2v) is 6.51. The molecule has 15 heavy (non-hydrogen) atoms. The van der Waals surface area contributed by atoms with Crippen LogP contribution in [0.5, 0.6) is 0 Å². The standard InChI is InChI=1S/C10H24N2O2Si/c1-10-9-11-5-7-12(10)6-4-8-15(13-2)14-3/h10-11,15H,4-9H2,1-3H3. The van der Waals surface area contributed by atoms with Crippen molar-refractivity contribution in [3.8, 4) is 0 Å². The van der Waals surface area contributed by atoms with Crippen LogP contribution in [0.1, 0.15) is 13.3 Å². The van der Waals surface area contributed by atoms with Gasteiger partial charge in [-0.05, 0) is 25.9 Å². The molecule has 1 unspecified atom stereocenters. The van der Waals surface area contributed by atoms with Crippen LogP contribution >= 0.6 is 0 Å². The van der Waals surface area contributed by atoms with Crippen molar-refractivity contribution in [2.75, 3.05) is 40.4 Å². The average molecular weight is 232 g/mol. The minimum atomic E-state index is -1.33. The van der Waals surface area contributed by atoms with Crippen molar-refractivity contribution < 1.29 is 8.85 Å². The van der Waals surface area contributed by atoms with Crippen LogP contribution in [-0.4, -0.2) is 60.6 Å². The summed E-state index contributed by atoms with van der Waals surface area (Å²) >= 11 is 0. The van der Waals surface area contributed by atoms with Crippen LogP contribution in [0, 0.1) is 0 Å². The summed E-state index contributed by atoms with van der Waals surface area (Å²) in [5.41, 5.74) is 0. The van der Waals surface area contributed by atoms with Crippen molar-refractivity contribution in [1.29, 1.82) is 0 Å². The largest absolute Gasteiger partial charge is 0.400 e. The Morgan fingerprint density at radius 1 is 1.40 bits per heavy atom. The molecule has 0 radical (unpaired) electrons. The summed E-state index contributed by atoms with van der Waals surface area (Å²) in [6.45, 7) is 6.88. The van der Waals surface area contributed by atoms with Gasteiger partial charge in [0.1, 0.15) is 0 Å². The van der Waals surface area contributed by atoms with Crippen LogP contribution in [-0.2, 0) is 8.85 Å². The lowest BCUT2D eigenvalue weighted by atomic mass is 10.2. The molecule has 0 aromatic rings. The lowest BCUT2D eigenvalue weighted by molar-refractivity contribution is 0.172. The van der Waals surface area contributed by atoms with E-state index in [1.54, 1.807) is 14.2 Å². The Balaban J connectivity index is 2.12. The highest BCUT2D eigenvalue weighted by Gasteiger charge is 2.18. The van der Waals surface area contributed by atoms with E-state index in [-0.39, 0.29) is 0 Å². The van der Waals surface area contributed by atoms with E-state index in [0.29, 0.717) is 6.04 Å². The first kappa shape index (κ1) is 13.1. The van der Waals surface area contributed by atoms with Gasteiger partial charge in [0.15, 0.2) is 0 Å². The lowest BCUT2D eigenvalue weighted by Gasteiger charge is -2.33. The summed E-state index contributed by atoms with van der Waals surface area (Å²) in [5.74, 6) is 0. The topological polar surface area (TPSA) is 33.7 Å². The summed E-state index contributed by atoms with van der Waals surface area (Å²) in [7, 11) is 2.19. The summed E-state index contributed by atoms with van der Waals surface area (Å²) in [6, 6.07) is 1.79. The molecule has 0 aromatic carbocycles. The van der Waals surface area contributed by atoms with E-state index in [4.69, 9.17) is 8.85 Å². The normalized spacial score (nSPS) is 23.6. The predicted molar refractivity (Wildman–Crippen MR) is 64.5 cm³/mol. The Bertz CT molecular complexity index is 168. The van der Waals surface area contributed by atoms with Gasteiger partial charge in [-0.3, -0.25) is 4.90 Å². The molecular formula is C10H24N2O2Si. The second kappa shape index (κ2) is 7.35. The van der Waals surface area contributed by atoms with E-state index >= 15 is 0 Å². The summed E-state index contributed by atoms with van der Waals surface area (Å²) in [6.07, 6.45) is 1.20. The van der Waals surface area contributed by atoms with Gasteiger partial charge in [0.25, 0.3) is 0 Å². The van der Waals surface area contributed by atoms with E-state index < -0.39 is 9.28 Å². The third-order valence-electron chi connectivity index (χ3n) is 3.05. The van der Waals surface area contributed by atoms with E-state index in [2.05, 4.69) is 17.1 Å². The lowest BCUT2D eigenvalue weighted by Crippen LogP contribution is -2.50. The van der Waals surface area contributed by atoms with E-state index in [1.807, 2.05) is 0 Å². The molecule has 1 aliphatic rings. The molecule has 0 amide bonds. The van der Waals surface area contributed by atoms with Crippen molar-refractivity contribution in [2.45, 2.75) is 25.4 Å². The zero-order valence-corrected chi connectivity index (χ0v) is 11.3. The minimum absolute atomic E-state index is 0.670. The SMILES string of the molecule is CO[SiH](CCCN1CCNCC1C)OC. The number of nitrogens with zero attached hydrogens (tertiary/aromatic N) is 1. The highest BCUT2D eigenvalue weighted by Crippen LogP contribution is 2.06. The van der Waals surface area contributed by atoms with Crippen LogP contribution in [0.25, 0.3) is 0 Å². The second-order valence-electron chi connectivity index (χ2n) is 4.13. The van der Waals surface area contributed by atoms with Crippen molar-refractivity contribution in [3.05, 3.63) is 0 Å². The zero-order chi connectivity index (χ0) is 11.1. The summed E-state index contributed by atoms with van der Waals surface area (Å²) in [4.78, 5) is 2.55. The molecule has 4 nitrogen and oxygen atoms in total. The third-order valence-corrected chi connectivity index (χ3v) is 4.98. The highest BCUT2D eigenvalue weighted by atomic mass is 28.3. The molecule has 1 fully saturated rings. The first-order valence-corrected chi connectivity index (χ1v) is 7.54. The molecule has 0 saturated carbocycles. The van der Waals surface area contributed by atoms with Crippen molar-refractivity contribution >= 4 is 9.28 Å². The fourth-order valence-corrected chi connectivity index (χ4v) is 3.19. The Morgan fingerprint density at radius 2 is 2.13 bits per heavy atom. The molecule has 0 bridgehead atoms. The summed E-state index contributed by atoms with van der Waals surface area (Å²) < 4.78 is 10.6. The molecule has 1 heterocycles. The quantitative estimate of drug-likeness (QED) is 0.663. The van der Waals surface area contributed by atoms with Crippen molar-refractivity contribution in [3.63, 3.8) is 0 Å². The molecule has 0 spiro atoms. The van der Waals surface area contributed by atoms with Crippen LogP contribution in [0.3, 0.4) is 0 Å². The molecule has 1 rings (SSSR count). The first-order chi connectivity index (χ1) is 7.27. The van der Waals surface area contributed by atoms with Gasteiger partial charge in [0, 0.05) is 39.9 Å². The molecule has 1 atom stereocenters. The number of hydrogen-bond acceptors (Lipinski definition) is 4. The summed E-state index contributed by atoms with van der Waals surface area (Å²) in [5, 5.41) is 3.40. The zero-order valence-electron chi connectivity index (χ0n) is 10.2. The minimum Gasteiger partial charge on any atom is -0.400 e. The van der Waals surface area contributed by atoms with Gasteiger partial charge in [-0.15, -0.1) is 0 Å². The number of nitrogens with one attached hydrogen (secondary N) is 1. The Labute approximate surface area is 94.8 Å². The molecule has 1 N–H and O–H groups in total. The Kier molecular flexibility index (Phi) is 6.43. The van der Waals surface area contributed by atoms with Gasteiger partial charge in [-0.2, -0.15) is 0 Å². The molecule has 0 aromatic heterocycles. The maximum Gasteiger partial charge on any atom is 0.320 e. The molecule has 90 valence electrons. The smallest absolute Gasteiger partial charge is 0.320 e. The Hall–Kier alpha value is 0.0569. The maximum atomic E-state index is 5.30. The van der Waals surface area contributed by atoms with Crippen LogP contribution in [0.2, 0.25) is 6.04 Å². The fourth-order valence-electron chi connectivity index (χ4n) is 2.01. The molecule has 0 aliphatic carbocycles. The van der Waals surface area contributed by atoms with Gasteiger partial charge < -0.3 is 14.2 Å². The fraction of sp³-hybridized carbons (Fsp3) is 1.00. The number of hydrogen-bond donors (Lipinski definition) is 1. The van der Waals surface area contributed by atoms with Crippen LogP contribution in [0.4, 0.5) is 0 Å². The van der Waals surface area contributed by atoms with Gasteiger partial charge in [-0.1, -0.05) is 0 Å². The molecular weight excluding hydrogens is 208 g/mol. The van der Waals surface area contributed by atoms with Gasteiger partial charge in [0.05, 0.1) is 0 Å². The number of rotatable bonds is 6. The third kappa shape index (κ3) is 4.61. The van der Waals surface area contributed by atoms with Crippen molar-refractivity contribution in [2.24, 2.45) is 0 Å². The van der Waals surface area contributed by atoms with Crippen LogP contribution in [0.15, 0.2) is 0 Å². The van der Waals surface area contributed by atoms with E-state index in [9.17, 15) is 0 Å². The molecule has 1 saturated heterocycles. The van der Waals surface area contributed by atoms with Crippen molar-refractivity contribution in [1.82, 2.24) is 10.2 Å². The first-order valence-electron chi connectivity index (χ1n) is 5.78. The van der Waals surface area contributed by atoms with Crippen LogP contribution < -0.4 is 5.32 Å². The monoisotopic (exact) mass is 232 g/mol. The number of piperazine rings is 1. The van der Waals surface area contributed by atoms with E-state index in [1.165, 1.54) is 19.5 Å². The maximum absolute atomic E-state index is 5.30. The highest BCUT2D eigenvalue weighted by molar-refractivity contribution is 6.44. The van der Waals surface area contributed by atoms with Gasteiger partial charge in [-0.25, -0.2) is 0 Å². The van der Waals surface area contributed by atoms with Gasteiger partial charge >= 0.3 is 9.28 Å². The average Bonchev–Trinajstić information content (AvgIpc) is 2.27. The predicted octanol–water partition coefficient (Wildman–Crippen LogP) is 0.184. The Morgan fingerprint density at radius 3 is 2.73 bits per heavy atom. The van der Waals surface area contributed by atoms with Gasteiger partial charge in [0.2, 0.25) is 0 Å². The molecule has 1 aliphatic heterocycles. The molecule has 5 heteroatoms. The van der Waals surface area contributed by atoms with E-state index in [0.717, 1.165) is 19.1 Å².